The molecule has 1 atom stereocenters. The number of nitrogens with zero attached hydrogens (tertiary/aromatic N) is 5. The summed E-state index contributed by atoms with van der Waals surface area (Å²) in [6.07, 6.45) is 1.94. The number of nitrogens with two attached hydrogens (primary N) is 1. The number of imide groups is 1. The number of nitrogens with one attached hydrogen (secondary N) is 4. The highest BCUT2D eigenvalue weighted by molar-refractivity contribution is 6.07. The van der Waals surface area contributed by atoms with Crippen molar-refractivity contribution in [1.82, 2.24) is 34.9 Å². The Labute approximate surface area is 343 Å². The van der Waals surface area contributed by atoms with Crippen LogP contribution in [0.15, 0.2) is 86.9 Å². The van der Waals surface area contributed by atoms with Crippen molar-refractivity contribution in [3.8, 4) is 17.1 Å². The van der Waals surface area contributed by atoms with Gasteiger partial charge in [-0.3, -0.25) is 29.1 Å². The number of amides is 4. The Balaban J connectivity index is 0.830. The zero-order valence-electron chi connectivity index (χ0n) is 32.3. The number of hydrogen-bond acceptors (Lipinski definition) is 13. The third-order valence-electron chi connectivity index (χ3n) is 9.54. The van der Waals surface area contributed by atoms with Crippen LogP contribution in [-0.2, 0) is 27.3 Å². The molecule has 0 saturated carbocycles. The minimum absolute atomic E-state index is 0.0215. The quantitative estimate of drug-likeness (QED) is 0.0601. The molecule has 1 saturated heterocycles. The minimum Gasteiger partial charge on any atom is -0.444 e. The van der Waals surface area contributed by atoms with E-state index >= 15 is 0 Å². The SMILES string of the molecule is NC(=O)c1nn(-c2ccc(CNCCCOCCCc3ccc4c(c3)oc(=O)n4C3CCC(=O)NC3=O)cc2)cc1NC(=O)c1coc(-c2ccnc(NCC(F)(F)F)c2)n1. The topological polar surface area (TPSA) is 244 Å². The molecular weight excluding hydrogens is 805 g/mol. The van der Waals surface area contributed by atoms with E-state index in [2.05, 4.69) is 36.3 Å². The molecule has 7 rings (SSSR count). The van der Waals surface area contributed by atoms with Gasteiger partial charge < -0.3 is 35.3 Å². The molecule has 4 aromatic heterocycles. The van der Waals surface area contributed by atoms with Gasteiger partial charge in [-0.2, -0.15) is 18.3 Å². The maximum atomic E-state index is 13.1. The molecule has 5 heterocycles. The predicted octanol–water partition coefficient (Wildman–Crippen LogP) is 4.26. The Bertz CT molecular complexity index is 2610. The van der Waals surface area contributed by atoms with Gasteiger partial charge in [0.25, 0.3) is 11.8 Å². The second-order valence-electron chi connectivity index (χ2n) is 14.0. The number of carbonyl (C=O) groups is 4. The van der Waals surface area contributed by atoms with Crippen molar-refractivity contribution in [3.63, 3.8) is 0 Å². The van der Waals surface area contributed by atoms with Crippen LogP contribution in [0.5, 0.6) is 0 Å². The molecule has 2 aromatic carbocycles. The molecule has 318 valence electrons. The van der Waals surface area contributed by atoms with Crippen LogP contribution in [0.3, 0.4) is 0 Å². The average molecular weight is 845 g/mol. The van der Waals surface area contributed by atoms with Crippen LogP contribution in [0.2, 0.25) is 0 Å². The number of ether oxygens (including phenoxy) is 1. The lowest BCUT2D eigenvalue weighted by Gasteiger charge is -2.21. The molecule has 6 N–H and O–H groups in total. The number of carbonyl (C=O) groups excluding carboxylic acids is 4. The number of fused-ring (bicyclic) bond motifs is 1. The van der Waals surface area contributed by atoms with Crippen molar-refractivity contribution in [2.75, 3.05) is 36.9 Å². The number of pyridine rings is 1. The van der Waals surface area contributed by atoms with E-state index < -0.39 is 42.2 Å². The highest BCUT2D eigenvalue weighted by Gasteiger charge is 2.31. The lowest BCUT2D eigenvalue weighted by Crippen LogP contribution is -2.43. The van der Waals surface area contributed by atoms with Gasteiger partial charge in [-0.25, -0.2) is 19.4 Å². The lowest BCUT2D eigenvalue weighted by molar-refractivity contribution is -0.135. The Kier molecular flexibility index (Phi) is 12.7. The summed E-state index contributed by atoms with van der Waals surface area (Å²) in [7, 11) is 0. The second-order valence-corrected chi connectivity index (χ2v) is 14.0. The van der Waals surface area contributed by atoms with Crippen molar-refractivity contribution in [1.29, 1.82) is 0 Å². The van der Waals surface area contributed by atoms with E-state index in [0.29, 0.717) is 49.5 Å². The van der Waals surface area contributed by atoms with Gasteiger partial charge in [0.05, 0.1) is 23.1 Å². The normalized spacial score (nSPS) is 14.3. The van der Waals surface area contributed by atoms with Gasteiger partial charge >= 0.3 is 11.9 Å². The van der Waals surface area contributed by atoms with E-state index in [-0.39, 0.29) is 53.1 Å². The van der Waals surface area contributed by atoms with Gasteiger partial charge in [-0.15, -0.1) is 0 Å². The summed E-state index contributed by atoms with van der Waals surface area (Å²) < 4.78 is 57.1. The Morgan fingerprint density at radius 2 is 1.80 bits per heavy atom. The maximum Gasteiger partial charge on any atom is 0.420 e. The fourth-order valence-electron chi connectivity index (χ4n) is 6.57. The van der Waals surface area contributed by atoms with E-state index in [4.69, 9.17) is 19.3 Å². The molecule has 0 radical (unpaired) electrons. The van der Waals surface area contributed by atoms with Crippen LogP contribution in [0, 0.1) is 0 Å². The highest BCUT2D eigenvalue weighted by Crippen LogP contribution is 2.26. The molecule has 61 heavy (non-hydrogen) atoms. The molecule has 0 spiro atoms. The second kappa shape index (κ2) is 18.4. The molecule has 21 heteroatoms. The molecule has 4 amide bonds. The summed E-state index contributed by atoms with van der Waals surface area (Å²) in [6.45, 7) is 1.11. The first-order valence-electron chi connectivity index (χ1n) is 19.1. The fourth-order valence-corrected chi connectivity index (χ4v) is 6.57. The highest BCUT2D eigenvalue weighted by atomic mass is 19.4. The Morgan fingerprint density at radius 3 is 2.57 bits per heavy atom. The van der Waals surface area contributed by atoms with Crippen LogP contribution in [-0.4, -0.2) is 80.4 Å². The third-order valence-corrected chi connectivity index (χ3v) is 9.54. The number of primary amides is 1. The van der Waals surface area contributed by atoms with Gasteiger partial charge in [-0.05, 0) is 79.8 Å². The van der Waals surface area contributed by atoms with Crippen molar-refractivity contribution in [3.05, 3.63) is 106 Å². The molecule has 18 nitrogen and oxygen atoms in total. The average Bonchev–Trinajstić information content (AvgIpc) is 3.97. The summed E-state index contributed by atoms with van der Waals surface area (Å²) in [4.78, 5) is 69.6. The predicted molar refractivity (Wildman–Crippen MR) is 212 cm³/mol. The largest absolute Gasteiger partial charge is 0.444 e. The van der Waals surface area contributed by atoms with Crippen molar-refractivity contribution in [2.24, 2.45) is 5.73 Å². The van der Waals surface area contributed by atoms with Crippen molar-refractivity contribution < 1.29 is 45.9 Å². The molecule has 1 aliphatic heterocycles. The molecular formula is C40H39F3N10O8. The van der Waals surface area contributed by atoms with Crippen LogP contribution in [0.4, 0.5) is 24.7 Å². The zero-order chi connectivity index (χ0) is 43.1. The first-order valence-corrected chi connectivity index (χ1v) is 19.1. The molecule has 0 bridgehead atoms. The van der Waals surface area contributed by atoms with Crippen molar-refractivity contribution in [2.45, 2.75) is 50.9 Å². The van der Waals surface area contributed by atoms with Crippen LogP contribution < -0.4 is 32.8 Å². The maximum absolute atomic E-state index is 13.1. The van der Waals surface area contributed by atoms with E-state index in [1.807, 2.05) is 18.2 Å². The van der Waals surface area contributed by atoms with E-state index in [9.17, 15) is 37.1 Å². The van der Waals surface area contributed by atoms with E-state index in [0.717, 1.165) is 30.2 Å². The van der Waals surface area contributed by atoms with Gasteiger partial charge in [0, 0.05) is 37.9 Å². The molecule has 1 aliphatic rings. The number of piperidine rings is 1. The number of aromatic nitrogens is 5. The zero-order valence-corrected chi connectivity index (χ0v) is 32.3. The first kappa shape index (κ1) is 42.0. The van der Waals surface area contributed by atoms with E-state index in [1.54, 1.807) is 24.3 Å². The number of hydrogen-bond donors (Lipinski definition) is 5. The summed E-state index contributed by atoms with van der Waals surface area (Å²) in [5.74, 6) is -3.25. The smallest absolute Gasteiger partial charge is 0.420 e. The third kappa shape index (κ3) is 10.6. The molecule has 1 unspecified atom stereocenters. The molecule has 1 fully saturated rings. The number of halogens is 3. The number of alkyl halides is 3. The fraction of sp³-hybridized carbons (Fsp3) is 0.300. The number of oxazole rings is 2. The molecule has 0 aliphatic carbocycles. The Morgan fingerprint density at radius 1 is 1.02 bits per heavy atom. The van der Waals surface area contributed by atoms with E-state index in [1.165, 1.54) is 33.8 Å². The summed E-state index contributed by atoms with van der Waals surface area (Å²) >= 11 is 0. The lowest BCUT2D eigenvalue weighted by atomic mass is 10.1. The summed E-state index contributed by atoms with van der Waals surface area (Å²) in [5.41, 5.74) is 8.90. The Hall–Kier alpha value is -7.13. The summed E-state index contributed by atoms with van der Waals surface area (Å²) in [6, 6.07) is 14.7. The van der Waals surface area contributed by atoms with Crippen LogP contribution in [0.25, 0.3) is 28.2 Å². The van der Waals surface area contributed by atoms with Gasteiger partial charge in [0.2, 0.25) is 17.7 Å². The van der Waals surface area contributed by atoms with Crippen molar-refractivity contribution >= 4 is 46.2 Å². The number of benzene rings is 2. The van der Waals surface area contributed by atoms with Gasteiger partial charge in [0.15, 0.2) is 17.0 Å². The number of rotatable bonds is 18. The van der Waals surface area contributed by atoms with Gasteiger partial charge in [-0.1, -0.05) is 18.2 Å². The van der Waals surface area contributed by atoms with Crippen LogP contribution >= 0.6 is 0 Å². The standard InChI is InChI=1S/C40H39F3N10O8/c41-40(42,43)22-47-32-18-25(12-14-46-32)38-49-28(21-60-38)36(56)48-27-20-52(51-34(27)35(44)55)26-7-4-24(5-8-26)19-45-13-2-16-59-15-1-3-23-6-9-29-31(17-23)61-39(58)53(29)30-10-11-33(54)50-37(30)57/h4-9,12,14,17-18,20-21,30,45H,1-3,10-11,13,15-16,19,22H2,(H2,44,55)(H,46,47)(H,48,56)(H,50,54,57). The monoisotopic (exact) mass is 844 g/mol. The number of anilines is 2. The van der Waals surface area contributed by atoms with Crippen LogP contribution in [0.1, 0.15) is 63.8 Å². The summed E-state index contributed by atoms with van der Waals surface area (Å²) in [5, 5.41) is 14.6. The number of aryl methyl sites for hydroxylation is 1. The minimum atomic E-state index is -4.45. The van der Waals surface area contributed by atoms with Gasteiger partial charge in [0.1, 0.15) is 24.7 Å². The first-order chi connectivity index (χ1) is 29.3. The molecule has 6 aromatic rings.